The van der Waals surface area contributed by atoms with Crippen molar-refractivity contribution >= 4 is 35.8 Å². The molecule has 2 aromatic rings. The zero-order valence-corrected chi connectivity index (χ0v) is 21.9. The number of nitrogens with one attached hydrogen (secondary N) is 2. The van der Waals surface area contributed by atoms with Crippen LogP contribution < -0.4 is 20.3 Å². The van der Waals surface area contributed by atoms with Gasteiger partial charge < -0.3 is 25.0 Å². The van der Waals surface area contributed by atoms with Crippen molar-refractivity contribution in [1.29, 1.82) is 0 Å². The minimum Gasteiger partial charge on any atom is -0.496 e. The Hall–Kier alpha value is -2.07. The van der Waals surface area contributed by atoms with Gasteiger partial charge in [0.1, 0.15) is 11.6 Å². The van der Waals surface area contributed by atoms with E-state index in [1.165, 1.54) is 11.1 Å². The van der Waals surface area contributed by atoms with Gasteiger partial charge in [-0.05, 0) is 56.5 Å². The summed E-state index contributed by atoms with van der Waals surface area (Å²) in [4.78, 5) is 11.6. The Balaban J connectivity index is 0.00000363. The van der Waals surface area contributed by atoms with Crippen molar-refractivity contribution in [2.75, 3.05) is 44.8 Å². The average Bonchev–Trinajstić information content (AvgIpc) is 2.78. The minimum atomic E-state index is 0. The lowest BCUT2D eigenvalue weighted by Gasteiger charge is -2.32. The number of methoxy groups -OCH3 is 1. The highest BCUT2D eigenvalue weighted by molar-refractivity contribution is 14.0. The minimum absolute atomic E-state index is 0. The van der Waals surface area contributed by atoms with Gasteiger partial charge in [0, 0.05) is 32.4 Å². The summed E-state index contributed by atoms with van der Waals surface area (Å²) < 4.78 is 11.1. The van der Waals surface area contributed by atoms with Crippen molar-refractivity contribution in [2.45, 2.75) is 39.8 Å². The van der Waals surface area contributed by atoms with Gasteiger partial charge in [-0.25, -0.2) is 9.98 Å². The maximum Gasteiger partial charge on any atom is 0.191 e. The molecule has 1 aliphatic heterocycles. The van der Waals surface area contributed by atoms with Crippen LogP contribution in [-0.4, -0.2) is 56.9 Å². The molecule has 0 amide bonds. The van der Waals surface area contributed by atoms with Gasteiger partial charge in [0.05, 0.1) is 26.4 Å². The van der Waals surface area contributed by atoms with Crippen LogP contribution in [0.25, 0.3) is 0 Å². The van der Waals surface area contributed by atoms with E-state index in [4.69, 9.17) is 14.5 Å². The quantitative estimate of drug-likeness (QED) is 0.296. The molecule has 32 heavy (non-hydrogen) atoms. The molecule has 1 unspecified atom stereocenters. The van der Waals surface area contributed by atoms with Crippen LogP contribution in [0.4, 0.5) is 5.82 Å². The zero-order chi connectivity index (χ0) is 22.1. The summed E-state index contributed by atoms with van der Waals surface area (Å²) in [5, 5.41) is 6.76. The second-order valence-corrected chi connectivity index (χ2v) is 7.84. The topological polar surface area (TPSA) is 71.0 Å². The molecule has 1 fully saturated rings. The largest absolute Gasteiger partial charge is 0.496 e. The monoisotopic (exact) mass is 553 g/mol. The molecule has 0 radical (unpaired) electrons. The number of anilines is 1. The number of aryl methyl sites for hydroxylation is 1. The first-order valence-electron chi connectivity index (χ1n) is 11.1. The Bertz CT molecular complexity index is 877. The smallest absolute Gasteiger partial charge is 0.191 e. The molecule has 1 aromatic carbocycles. The highest BCUT2D eigenvalue weighted by atomic mass is 127. The van der Waals surface area contributed by atoms with Crippen molar-refractivity contribution in [3.8, 4) is 5.75 Å². The number of aromatic nitrogens is 1. The van der Waals surface area contributed by atoms with Gasteiger partial charge in [-0.2, -0.15) is 0 Å². The van der Waals surface area contributed by atoms with Crippen LogP contribution in [0.1, 0.15) is 30.5 Å². The molecule has 3 rings (SSSR count). The Labute approximate surface area is 209 Å². The zero-order valence-electron chi connectivity index (χ0n) is 19.6. The number of nitrogens with zero attached hydrogens (tertiary/aromatic N) is 3. The van der Waals surface area contributed by atoms with Crippen molar-refractivity contribution in [2.24, 2.45) is 4.99 Å². The molecular weight excluding hydrogens is 517 g/mol. The van der Waals surface area contributed by atoms with E-state index in [0.717, 1.165) is 62.3 Å². The van der Waals surface area contributed by atoms with E-state index in [-0.39, 0.29) is 30.1 Å². The van der Waals surface area contributed by atoms with Crippen LogP contribution in [0.2, 0.25) is 0 Å². The van der Waals surface area contributed by atoms with Crippen LogP contribution in [0, 0.1) is 6.92 Å². The number of guanidine groups is 1. The summed E-state index contributed by atoms with van der Waals surface area (Å²) in [6.07, 6.45) is 2.96. The molecule has 0 bridgehead atoms. The first-order valence-corrected chi connectivity index (χ1v) is 11.1. The van der Waals surface area contributed by atoms with Crippen LogP contribution in [0.3, 0.4) is 0 Å². The van der Waals surface area contributed by atoms with E-state index in [1.54, 1.807) is 7.11 Å². The van der Waals surface area contributed by atoms with E-state index in [0.29, 0.717) is 6.54 Å². The fourth-order valence-electron chi connectivity index (χ4n) is 3.69. The summed E-state index contributed by atoms with van der Waals surface area (Å²) in [5.41, 5.74) is 3.57. The number of morpholine rings is 1. The number of aliphatic imine (C=N–C) groups is 1. The lowest BCUT2D eigenvalue weighted by atomic mass is 10.1. The first kappa shape index (κ1) is 26.2. The molecule has 1 aromatic heterocycles. The molecule has 2 heterocycles. The average molecular weight is 553 g/mol. The van der Waals surface area contributed by atoms with Gasteiger partial charge >= 0.3 is 0 Å². The second kappa shape index (κ2) is 13.5. The van der Waals surface area contributed by atoms with Gasteiger partial charge in [0.2, 0.25) is 0 Å². The van der Waals surface area contributed by atoms with Crippen LogP contribution in [-0.2, 0) is 17.7 Å². The number of halogens is 1. The fraction of sp³-hybridized carbons (Fsp3) is 0.500. The molecule has 8 heteroatoms. The molecule has 1 aliphatic rings. The van der Waals surface area contributed by atoms with Gasteiger partial charge in [0.25, 0.3) is 0 Å². The Morgan fingerprint density at radius 2 is 2.12 bits per heavy atom. The predicted octanol–water partition coefficient (Wildman–Crippen LogP) is 3.54. The summed E-state index contributed by atoms with van der Waals surface area (Å²) >= 11 is 0. The van der Waals surface area contributed by atoms with E-state index < -0.39 is 0 Å². The van der Waals surface area contributed by atoms with Gasteiger partial charge in [0.15, 0.2) is 5.96 Å². The maximum atomic E-state index is 5.64. The number of hydrogen-bond donors (Lipinski definition) is 2. The lowest BCUT2D eigenvalue weighted by Crippen LogP contribution is -2.41. The standard InChI is InChI=1S/C24H35N5O2.HI/c1-5-25-24(27-11-9-21-14-18(2)6-7-22(21)30-4)28-16-20-8-10-26-23(15-20)29-12-13-31-19(3)17-29;/h6-8,10,14-15,19H,5,9,11-13,16-17H2,1-4H3,(H2,25,27,28);1H. The van der Waals surface area contributed by atoms with Crippen molar-refractivity contribution in [1.82, 2.24) is 15.6 Å². The molecule has 176 valence electrons. The molecule has 1 saturated heterocycles. The Kier molecular flexibility index (Phi) is 11.0. The van der Waals surface area contributed by atoms with E-state index in [1.807, 2.05) is 18.3 Å². The van der Waals surface area contributed by atoms with E-state index in [2.05, 4.69) is 59.5 Å². The van der Waals surface area contributed by atoms with Crippen molar-refractivity contribution in [3.63, 3.8) is 0 Å². The van der Waals surface area contributed by atoms with Crippen LogP contribution >= 0.6 is 24.0 Å². The third kappa shape index (κ3) is 7.81. The molecular formula is C24H36IN5O2. The summed E-state index contributed by atoms with van der Waals surface area (Å²) in [6, 6.07) is 10.4. The number of benzene rings is 1. The third-order valence-corrected chi connectivity index (χ3v) is 5.26. The number of ether oxygens (including phenoxy) is 2. The summed E-state index contributed by atoms with van der Waals surface area (Å²) in [6.45, 7) is 10.9. The SMILES string of the molecule is CCNC(=NCc1ccnc(N2CCOC(C)C2)c1)NCCc1cc(C)ccc1OC.I. The molecule has 7 nitrogen and oxygen atoms in total. The number of pyridine rings is 1. The number of rotatable bonds is 8. The van der Waals surface area contributed by atoms with Crippen LogP contribution in [0.15, 0.2) is 41.5 Å². The van der Waals surface area contributed by atoms with E-state index in [9.17, 15) is 0 Å². The van der Waals surface area contributed by atoms with Gasteiger partial charge in [-0.15, -0.1) is 24.0 Å². The first-order chi connectivity index (χ1) is 15.1. The highest BCUT2D eigenvalue weighted by Crippen LogP contribution is 2.20. The Morgan fingerprint density at radius 1 is 1.28 bits per heavy atom. The molecule has 2 N–H and O–H groups in total. The van der Waals surface area contributed by atoms with E-state index >= 15 is 0 Å². The normalized spacial score (nSPS) is 16.3. The van der Waals surface area contributed by atoms with Gasteiger partial charge in [-0.3, -0.25) is 0 Å². The highest BCUT2D eigenvalue weighted by Gasteiger charge is 2.18. The predicted molar refractivity (Wildman–Crippen MR) is 142 cm³/mol. The fourth-order valence-corrected chi connectivity index (χ4v) is 3.69. The second-order valence-electron chi connectivity index (χ2n) is 7.84. The summed E-state index contributed by atoms with van der Waals surface area (Å²) in [7, 11) is 1.72. The molecule has 0 aliphatic carbocycles. The summed E-state index contributed by atoms with van der Waals surface area (Å²) in [5.74, 6) is 2.73. The maximum absolute atomic E-state index is 5.64. The van der Waals surface area contributed by atoms with Crippen molar-refractivity contribution in [3.05, 3.63) is 53.2 Å². The van der Waals surface area contributed by atoms with Gasteiger partial charge in [-0.1, -0.05) is 17.7 Å². The Morgan fingerprint density at radius 3 is 2.88 bits per heavy atom. The molecule has 0 saturated carbocycles. The third-order valence-electron chi connectivity index (χ3n) is 5.26. The van der Waals surface area contributed by atoms with Crippen molar-refractivity contribution < 1.29 is 9.47 Å². The number of hydrogen-bond acceptors (Lipinski definition) is 5. The molecule has 1 atom stereocenters. The molecule has 0 spiro atoms. The van der Waals surface area contributed by atoms with Crippen LogP contribution in [0.5, 0.6) is 5.75 Å². The lowest BCUT2D eigenvalue weighted by molar-refractivity contribution is 0.0529.